The molecule has 2 aromatic carbocycles. The van der Waals surface area contributed by atoms with Crippen molar-refractivity contribution in [3.05, 3.63) is 59.7 Å². The van der Waals surface area contributed by atoms with Crippen LogP contribution in [0.25, 0.3) is 0 Å². The van der Waals surface area contributed by atoms with Gasteiger partial charge in [-0.1, -0.05) is 36.4 Å². The van der Waals surface area contributed by atoms with Crippen LogP contribution in [0, 0.1) is 0 Å². The van der Waals surface area contributed by atoms with E-state index in [2.05, 4.69) is 0 Å². The van der Waals surface area contributed by atoms with Crippen LogP contribution in [0.1, 0.15) is 52.7 Å². The first kappa shape index (κ1) is 22.2. The number of ether oxygens (including phenoxy) is 2. The zero-order chi connectivity index (χ0) is 23.3. The molecule has 0 saturated carbocycles. The fourth-order valence-electron chi connectivity index (χ4n) is 4.53. The van der Waals surface area contributed by atoms with Crippen molar-refractivity contribution < 1.29 is 19.1 Å². The first-order valence-electron chi connectivity index (χ1n) is 11.1. The van der Waals surface area contributed by atoms with Gasteiger partial charge in [-0.05, 0) is 77.6 Å². The second-order valence-corrected chi connectivity index (χ2v) is 10.5. The van der Waals surface area contributed by atoms with E-state index in [-0.39, 0.29) is 12.1 Å². The average Bonchev–Trinajstić information content (AvgIpc) is 3.23. The van der Waals surface area contributed by atoms with Crippen molar-refractivity contribution in [1.29, 1.82) is 0 Å². The molecule has 2 atom stereocenters. The van der Waals surface area contributed by atoms with E-state index >= 15 is 0 Å². The molecule has 0 fully saturated rings. The van der Waals surface area contributed by atoms with Gasteiger partial charge < -0.3 is 9.47 Å². The van der Waals surface area contributed by atoms with Gasteiger partial charge in [0.15, 0.2) is 0 Å². The summed E-state index contributed by atoms with van der Waals surface area (Å²) in [5.74, 6) is 0. The van der Waals surface area contributed by atoms with Crippen LogP contribution < -0.4 is 9.80 Å². The number of rotatable bonds is 1. The maximum absolute atomic E-state index is 13.3. The van der Waals surface area contributed by atoms with E-state index in [0.29, 0.717) is 12.8 Å². The minimum atomic E-state index is -0.622. The normalized spacial score (nSPS) is 20.1. The van der Waals surface area contributed by atoms with Gasteiger partial charge in [-0.2, -0.15) is 0 Å². The summed E-state index contributed by atoms with van der Waals surface area (Å²) in [7, 11) is 0. The zero-order valence-corrected chi connectivity index (χ0v) is 19.7. The molecule has 6 heteroatoms. The van der Waals surface area contributed by atoms with Crippen LogP contribution >= 0.6 is 0 Å². The maximum Gasteiger partial charge on any atom is 0.415 e. The van der Waals surface area contributed by atoms with Gasteiger partial charge in [0.2, 0.25) is 0 Å². The smallest absolute Gasteiger partial charge is 0.415 e. The summed E-state index contributed by atoms with van der Waals surface area (Å²) in [6.07, 6.45) is 0.501. The van der Waals surface area contributed by atoms with Crippen molar-refractivity contribution in [1.82, 2.24) is 0 Å². The van der Waals surface area contributed by atoms with Gasteiger partial charge in [0.05, 0.1) is 23.5 Å². The largest absolute Gasteiger partial charge is 0.443 e. The Morgan fingerprint density at radius 1 is 0.688 bits per heavy atom. The third kappa shape index (κ3) is 4.31. The van der Waals surface area contributed by atoms with Crippen LogP contribution in [0.5, 0.6) is 0 Å². The summed E-state index contributed by atoms with van der Waals surface area (Å²) >= 11 is 0. The molecule has 2 aliphatic heterocycles. The third-order valence-corrected chi connectivity index (χ3v) is 5.65. The summed E-state index contributed by atoms with van der Waals surface area (Å²) in [5.41, 5.74) is 2.58. The standard InChI is InChI=1S/C26H32N2O4/c1-25(2,3)31-23(29)27-19-13-9-7-11-17(19)15-21(27)22-16-18-12-8-10-14-20(18)28(22)24(30)32-26(4,5)6/h7-14,21-22H,15-16H2,1-6H3/t21-,22-/m1/s1. The average molecular weight is 437 g/mol. The molecule has 0 aromatic heterocycles. The van der Waals surface area contributed by atoms with Crippen LogP contribution in [0.2, 0.25) is 0 Å². The molecule has 2 aliphatic rings. The van der Waals surface area contributed by atoms with Crippen molar-refractivity contribution >= 4 is 23.6 Å². The van der Waals surface area contributed by atoms with E-state index in [1.165, 1.54) is 0 Å². The van der Waals surface area contributed by atoms with Crippen LogP contribution in [-0.4, -0.2) is 35.5 Å². The fourth-order valence-corrected chi connectivity index (χ4v) is 4.53. The summed E-state index contributed by atoms with van der Waals surface area (Å²) < 4.78 is 11.5. The second kappa shape index (κ2) is 7.84. The van der Waals surface area contributed by atoms with E-state index in [9.17, 15) is 9.59 Å². The molecular formula is C26H32N2O4. The Morgan fingerprint density at radius 2 is 1.03 bits per heavy atom. The summed E-state index contributed by atoms with van der Waals surface area (Å²) in [5, 5.41) is 0. The van der Waals surface area contributed by atoms with Gasteiger partial charge >= 0.3 is 12.2 Å². The number of fused-ring (bicyclic) bond motifs is 2. The lowest BCUT2D eigenvalue weighted by Crippen LogP contribution is -2.55. The highest BCUT2D eigenvalue weighted by molar-refractivity contribution is 5.95. The molecule has 0 aliphatic carbocycles. The van der Waals surface area contributed by atoms with Crippen LogP contribution in [0.3, 0.4) is 0 Å². The predicted molar refractivity (Wildman–Crippen MR) is 125 cm³/mol. The van der Waals surface area contributed by atoms with Gasteiger partial charge in [0, 0.05) is 0 Å². The van der Waals surface area contributed by atoms with Crippen molar-refractivity contribution in [2.24, 2.45) is 0 Å². The van der Waals surface area contributed by atoms with E-state index in [1.54, 1.807) is 9.80 Å². The molecule has 2 amide bonds. The molecule has 170 valence electrons. The predicted octanol–water partition coefficient (Wildman–Crippen LogP) is 5.72. The van der Waals surface area contributed by atoms with Crippen molar-refractivity contribution in [2.75, 3.05) is 9.80 Å². The number of anilines is 2. The van der Waals surface area contributed by atoms with Crippen LogP contribution in [0.15, 0.2) is 48.5 Å². The molecule has 0 radical (unpaired) electrons. The molecule has 2 aromatic rings. The molecule has 0 unspecified atom stereocenters. The lowest BCUT2D eigenvalue weighted by atomic mass is 9.99. The molecular weight excluding hydrogens is 404 g/mol. The molecule has 0 N–H and O–H groups in total. The Bertz CT molecular complexity index is 951. The van der Waals surface area contributed by atoms with Gasteiger partial charge in [-0.15, -0.1) is 0 Å². The number of amides is 2. The number of carbonyl (C=O) groups is 2. The second-order valence-electron chi connectivity index (χ2n) is 10.5. The Morgan fingerprint density at radius 3 is 1.38 bits per heavy atom. The number of hydrogen-bond acceptors (Lipinski definition) is 4. The molecule has 0 bridgehead atoms. The number of carbonyl (C=O) groups excluding carboxylic acids is 2. The lowest BCUT2D eigenvalue weighted by molar-refractivity contribution is 0.0524. The fraction of sp³-hybridized carbons (Fsp3) is 0.462. The monoisotopic (exact) mass is 436 g/mol. The Labute approximate surface area is 190 Å². The molecule has 4 rings (SSSR count). The van der Waals surface area contributed by atoms with Crippen molar-refractivity contribution in [3.8, 4) is 0 Å². The number of benzene rings is 2. The molecule has 0 spiro atoms. The molecule has 6 nitrogen and oxygen atoms in total. The number of hydrogen-bond donors (Lipinski definition) is 0. The minimum absolute atomic E-state index is 0.262. The van der Waals surface area contributed by atoms with Crippen molar-refractivity contribution in [3.63, 3.8) is 0 Å². The topological polar surface area (TPSA) is 59.1 Å². The lowest BCUT2D eigenvalue weighted by Gasteiger charge is -2.36. The van der Waals surface area contributed by atoms with Gasteiger partial charge in [0.1, 0.15) is 11.2 Å². The first-order valence-corrected chi connectivity index (χ1v) is 11.1. The van der Waals surface area contributed by atoms with Gasteiger partial charge in [-0.3, -0.25) is 9.80 Å². The summed E-state index contributed by atoms with van der Waals surface area (Å²) in [6, 6.07) is 15.2. The zero-order valence-electron chi connectivity index (χ0n) is 19.7. The van der Waals surface area contributed by atoms with Gasteiger partial charge in [-0.25, -0.2) is 9.59 Å². The van der Waals surface area contributed by atoms with E-state index < -0.39 is 23.4 Å². The van der Waals surface area contributed by atoms with Gasteiger partial charge in [0.25, 0.3) is 0 Å². The minimum Gasteiger partial charge on any atom is -0.443 e. The summed E-state index contributed by atoms with van der Waals surface area (Å²) in [4.78, 5) is 30.1. The number of para-hydroxylation sites is 2. The van der Waals surface area contributed by atoms with Crippen LogP contribution in [-0.2, 0) is 22.3 Å². The Kier molecular flexibility index (Phi) is 5.43. The first-order chi connectivity index (χ1) is 14.9. The molecule has 0 saturated heterocycles. The highest BCUT2D eigenvalue weighted by atomic mass is 16.6. The van der Waals surface area contributed by atoms with E-state index in [4.69, 9.17) is 9.47 Å². The Balaban J connectivity index is 1.74. The highest BCUT2D eigenvalue weighted by Gasteiger charge is 2.48. The third-order valence-electron chi connectivity index (χ3n) is 5.65. The van der Waals surface area contributed by atoms with Crippen LogP contribution in [0.4, 0.5) is 21.0 Å². The maximum atomic E-state index is 13.3. The molecule has 2 heterocycles. The van der Waals surface area contributed by atoms with E-state index in [0.717, 1.165) is 22.5 Å². The van der Waals surface area contributed by atoms with E-state index in [1.807, 2.05) is 90.1 Å². The Hall–Kier alpha value is -3.02. The SMILES string of the molecule is CC(C)(C)OC(=O)N1c2ccccc2C[C@@H]1[C@H]1Cc2ccccc2N1C(=O)OC(C)(C)C. The summed E-state index contributed by atoms with van der Waals surface area (Å²) in [6.45, 7) is 11.2. The number of nitrogens with zero attached hydrogens (tertiary/aromatic N) is 2. The van der Waals surface area contributed by atoms with Crippen molar-refractivity contribution in [2.45, 2.75) is 77.7 Å². The quantitative estimate of drug-likeness (QED) is 0.574. The highest BCUT2D eigenvalue weighted by Crippen LogP contribution is 2.42. The molecule has 32 heavy (non-hydrogen) atoms.